The Kier molecular flexibility index (Phi) is 4.71. The van der Waals surface area contributed by atoms with Gasteiger partial charge in [-0.1, -0.05) is 72.8 Å². The molecule has 2 nitrogen and oxygen atoms in total. The summed E-state index contributed by atoms with van der Waals surface area (Å²) < 4.78 is 14.0. The predicted octanol–water partition coefficient (Wildman–Crippen LogP) is 4.71. The number of hydrogen-bond acceptors (Lipinski definition) is 1. The van der Waals surface area contributed by atoms with Crippen LogP contribution < -0.4 is 5.73 Å². The molecule has 3 aromatic rings. The molecule has 0 atom stereocenters. The van der Waals surface area contributed by atoms with Gasteiger partial charge in [0.2, 0.25) is 0 Å². The van der Waals surface area contributed by atoms with E-state index in [4.69, 9.17) is 5.73 Å². The average molecular weight is 318 g/mol. The van der Waals surface area contributed by atoms with Crippen LogP contribution in [-0.4, -0.2) is 5.84 Å². The lowest BCUT2D eigenvalue weighted by atomic mass is 10.0. The number of nitrogens with two attached hydrogens (primary N) is 1. The molecule has 3 heteroatoms. The van der Waals surface area contributed by atoms with Crippen LogP contribution in [0.25, 0.3) is 11.1 Å². The maximum atomic E-state index is 14.0. The van der Waals surface area contributed by atoms with Crippen molar-refractivity contribution in [3.8, 4) is 11.1 Å². The van der Waals surface area contributed by atoms with Crippen LogP contribution in [0.3, 0.4) is 0 Å². The SMILES string of the molecule is Cc1cccc(CN=C(N)c2ccc(-c3ccccc3)cc2)c1F. The van der Waals surface area contributed by atoms with Gasteiger partial charge in [-0.05, 0) is 23.6 Å². The van der Waals surface area contributed by atoms with Crippen LogP contribution >= 0.6 is 0 Å². The summed E-state index contributed by atoms with van der Waals surface area (Å²) in [4.78, 5) is 4.32. The quantitative estimate of drug-likeness (QED) is 0.549. The first-order valence-corrected chi connectivity index (χ1v) is 7.85. The van der Waals surface area contributed by atoms with Crippen molar-refractivity contribution in [1.29, 1.82) is 0 Å². The molecule has 24 heavy (non-hydrogen) atoms. The fourth-order valence-electron chi connectivity index (χ4n) is 2.56. The molecule has 0 aliphatic rings. The van der Waals surface area contributed by atoms with Crippen LogP contribution in [0.1, 0.15) is 16.7 Å². The van der Waals surface area contributed by atoms with E-state index in [1.165, 1.54) is 0 Å². The fourth-order valence-corrected chi connectivity index (χ4v) is 2.56. The molecule has 0 unspecified atom stereocenters. The van der Waals surface area contributed by atoms with Gasteiger partial charge >= 0.3 is 0 Å². The van der Waals surface area contributed by atoms with E-state index in [0.29, 0.717) is 17.0 Å². The zero-order valence-corrected chi connectivity index (χ0v) is 13.5. The summed E-state index contributed by atoms with van der Waals surface area (Å²) in [5, 5.41) is 0. The Bertz CT molecular complexity index is 853. The second-order valence-corrected chi connectivity index (χ2v) is 5.69. The van der Waals surface area contributed by atoms with Gasteiger partial charge in [-0.25, -0.2) is 4.39 Å². The molecule has 0 saturated carbocycles. The first-order chi connectivity index (χ1) is 11.6. The van der Waals surface area contributed by atoms with E-state index in [9.17, 15) is 4.39 Å². The predicted molar refractivity (Wildman–Crippen MR) is 97.4 cm³/mol. The normalized spacial score (nSPS) is 11.5. The zero-order chi connectivity index (χ0) is 16.9. The molecule has 0 saturated heterocycles. The second kappa shape index (κ2) is 7.09. The maximum absolute atomic E-state index is 14.0. The van der Waals surface area contributed by atoms with Crippen molar-refractivity contribution >= 4 is 5.84 Å². The summed E-state index contributed by atoms with van der Waals surface area (Å²) in [6.45, 7) is 1.98. The smallest absolute Gasteiger partial charge is 0.131 e. The van der Waals surface area contributed by atoms with Gasteiger partial charge in [0, 0.05) is 11.1 Å². The molecule has 0 heterocycles. The molecular weight excluding hydrogens is 299 g/mol. The van der Waals surface area contributed by atoms with Gasteiger partial charge in [-0.15, -0.1) is 0 Å². The Morgan fingerprint density at radius 2 is 1.54 bits per heavy atom. The van der Waals surface area contributed by atoms with Crippen LogP contribution in [0.4, 0.5) is 4.39 Å². The third-order valence-electron chi connectivity index (χ3n) is 3.98. The molecule has 0 spiro atoms. The van der Waals surface area contributed by atoms with E-state index in [1.54, 1.807) is 19.1 Å². The number of rotatable bonds is 4. The van der Waals surface area contributed by atoms with Crippen molar-refractivity contribution in [2.75, 3.05) is 0 Å². The first-order valence-electron chi connectivity index (χ1n) is 7.85. The lowest BCUT2D eigenvalue weighted by Crippen LogP contribution is -2.13. The van der Waals surface area contributed by atoms with Crippen molar-refractivity contribution < 1.29 is 4.39 Å². The third kappa shape index (κ3) is 3.51. The van der Waals surface area contributed by atoms with Gasteiger partial charge in [0.25, 0.3) is 0 Å². The Labute approximate surface area is 141 Å². The summed E-state index contributed by atoms with van der Waals surface area (Å²) in [6.07, 6.45) is 0. The topological polar surface area (TPSA) is 38.4 Å². The Hall–Kier alpha value is -2.94. The van der Waals surface area contributed by atoms with E-state index in [-0.39, 0.29) is 12.4 Å². The largest absolute Gasteiger partial charge is 0.383 e. The number of aliphatic imine (C=N–C) groups is 1. The summed E-state index contributed by atoms with van der Waals surface area (Å²) in [6, 6.07) is 23.3. The molecule has 0 bridgehead atoms. The van der Waals surface area contributed by atoms with Crippen molar-refractivity contribution in [2.45, 2.75) is 13.5 Å². The highest BCUT2D eigenvalue weighted by molar-refractivity contribution is 5.97. The van der Waals surface area contributed by atoms with Crippen molar-refractivity contribution in [3.05, 3.63) is 95.3 Å². The fraction of sp³-hybridized carbons (Fsp3) is 0.0952. The number of amidine groups is 1. The molecule has 0 aromatic heterocycles. The van der Waals surface area contributed by atoms with Gasteiger partial charge in [-0.3, -0.25) is 4.99 Å². The number of hydrogen-bond donors (Lipinski definition) is 1. The minimum atomic E-state index is -0.214. The first kappa shape index (κ1) is 15.9. The van der Waals surface area contributed by atoms with E-state index in [0.717, 1.165) is 16.7 Å². The minimum Gasteiger partial charge on any atom is -0.383 e. The number of nitrogens with zero attached hydrogens (tertiary/aromatic N) is 1. The molecule has 120 valence electrons. The van der Waals surface area contributed by atoms with E-state index in [1.807, 2.05) is 48.5 Å². The molecule has 0 fully saturated rings. The number of benzene rings is 3. The van der Waals surface area contributed by atoms with Crippen LogP contribution in [0.5, 0.6) is 0 Å². The van der Waals surface area contributed by atoms with E-state index >= 15 is 0 Å². The molecule has 0 amide bonds. The standard InChI is InChI=1S/C21H19FN2/c1-15-6-5-9-19(20(15)22)14-24-21(23)18-12-10-17(11-13-18)16-7-3-2-4-8-16/h2-13H,14H2,1H3,(H2,23,24). The molecule has 3 rings (SSSR count). The third-order valence-corrected chi connectivity index (χ3v) is 3.98. The highest BCUT2D eigenvalue weighted by Crippen LogP contribution is 2.19. The van der Waals surface area contributed by atoms with Crippen LogP contribution in [-0.2, 0) is 6.54 Å². The Morgan fingerprint density at radius 1 is 0.875 bits per heavy atom. The van der Waals surface area contributed by atoms with Crippen molar-refractivity contribution in [2.24, 2.45) is 10.7 Å². The summed E-state index contributed by atoms with van der Waals surface area (Å²) in [7, 11) is 0. The maximum Gasteiger partial charge on any atom is 0.131 e. The van der Waals surface area contributed by atoms with Gasteiger partial charge in [0.05, 0.1) is 6.54 Å². The number of halogens is 1. The molecule has 2 N–H and O–H groups in total. The Balaban J connectivity index is 1.77. The van der Waals surface area contributed by atoms with Gasteiger partial charge < -0.3 is 5.73 Å². The highest BCUT2D eigenvalue weighted by atomic mass is 19.1. The minimum absolute atomic E-state index is 0.214. The second-order valence-electron chi connectivity index (χ2n) is 5.69. The lowest BCUT2D eigenvalue weighted by Gasteiger charge is -2.06. The lowest BCUT2D eigenvalue weighted by molar-refractivity contribution is 0.602. The summed E-state index contributed by atoms with van der Waals surface area (Å²) >= 11 is 0. The molecular formula is C21H19FN2. The monoisotopic (exact) mass is 318 g/mol. The van der Waals surface area contributed by atoms with Crippen LogP contribution in [0.2, 0.25) is 0 Å². The zero-order valence-electron chi connectivity index (χ0n) is 13.5. The van der Waals surface area contributed by atoms with Gasteiger partial charge in [0.15, 0.2) is 0 Å². The van der Waals surface area contributed by atoms with Crippen molar-refractivity contribution in [1.82, 2.24) is 0 Å². The van der Waals surface area contributed by atoms with Gasteiger partial charge in [-0.2, -0.15) is 0 Å². The van der Waals surface area contributed by atoms with Crippen molar-refractivity contribution in [3.63, 3.8) is 0 Å². The molecule has 0 aliphatic carbocycles. The van der Waals surface area contributed by atoms with Crippen LogP contribution in [0, 0.1) is 12.7 Å². The molecule has 0 radical (unpaired) electrons. The molecule has 0 aliphatic heterocycles. The number of aryl methyl sites for hydroxylation is 1. The highest BCUT2D eigenvalue weighted by Gasteiger charge is 2.05. The summed E-state index contributed by atoms with van der Waals surface area (Å²) in [5.41, 5.74) is 10.3. The van der Waals surface area contributed by atoms with Crippen LogP contribution in [0.15, 0.2) is 77.8 Å². The summed E-state index contributed by atoms with van der Waals surface area (Å²) in [5.74, 6) is 0.198. The van der Waals surface area contributed by atoms with E-state index < -0.39 is 0 Å². The Morgan fingerprint density at radius 3 is 2.25 bits per heavy atom. The van der Waals surface area contributed by atoms with E-state index in [2.05, 4.69) is 17.1 Å². The molecule has 3 aromatic carbocycles. The average Bonchev–Trinajstić information content (AvgIpc) is 2.63. The van der Waals surface area contributed by atoms with Gasteiger partial charge in [0.1, 0.15) is 11.7 Å².